The van der Waals surface area contributed by atoms with Gasteiger partial charge in [0.25, 0.3) is 0 Å². The number of rotatable bonds is 9. The standard InChI is InChI=1S/C20H26N2O6S/c1-14-6-8-16(9-7-14)29(24,25)22(2)13-19(23)21-12-15-10-17(26-3)20(28-5)18(11-15)27-4/h6-11H,12-13H2,1-5H3,(H,21,23). The molecule has 0 saturated carbocycles. The van der Waals surface area contributed by atoms with Gasteiger partial charge >= 0.3 is 0 Å². The fraction of sp³-hybridized carbons (Fsp3) is 0.350. The van der Waals surface area contributed by atoms with Crippen LogP contribution in [0.1, 0.15) is 11.1 Å². The van der Waals surface area contributed by atoms with Crippen molar-refractivity contribution in [3.05, 3.63) is 47.5 Å². The zero-order chi connectivity index (χ0) is 21.6. The highest BCUT2D eigenvalue weighted by atomic mass is 32.2. The minimum absolute atomic E-state index is 0.142. The van der Waals surface area contributed by atoms with Crippen molar-refractivity contribution < 1.29 is 27.4 Å². The van der Waals surface area contributed by atoms with Crippen molar-refractivity contribution in [2.45, 2.75) is 18.4 Å². The number of aryl methyl sites for hydroxylation is 1. The second-order valence-electron chi connectivity index (χ2n) is 6.38. The Morgan fingerprint density at radius 3 is 2.03 bits per heavy atom. The van der Waals surface area contributed by atoms with Gasteiger partial charge < -0.3 is 19.5 Å². The number of amides is 1. The van der Waals surface area contributed by atoms with Crippen molar-refractivity contribution in [3.63, 3.8) is 0 Å². The Bertz CT molecular complexity index is 932. The van der Waals surface area contributed by atoms with Crippen molar-refractivity contribution in [2.24, 2.45) is 0 Å². The molecule has 1 amide bonds. The molecule has 0 heterocycles. The lowest BCUT2D eigenvalue weighted by Crippen LogP contribution is -2.38. The Labute approximate surface area is 171 Å². The maximum Gasteiger partial charge on any atom is 0.243 e. The van der Waals surface area contributed by atoms with Crippen LogP contribution in [0.2, 0.25) is 0 Å². The van der Waals surface area contributed by atoms with E-state index in [1.165, 1.54) is 40.5 Å². The van der Waals surface area contributed by atoms with E-state index in [1.54, 1.807) is 24.3 Å². The molecule has 0 unspecified atom stereocenters. The molecule has 0 atom stereocenters. The van der Waals surface area contributed by atoms with Crippen LogP contribution in [-0.2, 0) is 21.4 Å². The maximum atomic E-state index is 12.6. The molecular formula is C20H26N2O6S. The van der Waals surface area contributed by atoms with E-state index >= 15 is 0 Å². The normalized spacial score (nSPS) is 11.2. The highest BCUT2D eigenvalue weighted by molar-refractivity contribution is 7.89. The van der Waals surface area contributed by atoms with Gasteiger partial charge in [-0.3, -0.25) is 4.79 Å². The monoisotopic (exact) mass is 422 g/mol. The fourth-order valence-corrected chi connectivity index (χ4v) is 3.80. The number of carbonyl (C=O) groups is 1. The maximum absolute atomic E-state index is 12.6. The van der Waals surface area contributed by atoms with Gasteiger partial charge in [-0.2, -0.15) is 4.31 Å². The van der Waals surface area contributed by atoms with E-state index in [2.05, 4.69) is 5.32 Å². The molecule has 0 aromatic heterocycles. The predicted octanol–water partition coefficient (Wildman–Crippen LogP) is 1.96. The summed E-state index contributed by atoms with van der Waals surface area (Å²) < 4.78 is 42.0. The molecule has 0 aliphatic rings. The third-order valence-corrected chi connectivity index (χ3v) is 6.13. The number of hydrogen-bond acceptors (Lipinski definition) is 6. The Morgan fingerprint density at radius 1 is 1.00 bits per heavy atom. The second kappa shape index (κ2) is 9.62. The van der Waals surface area contributed by atoms with E-state index in [9.17, 15) is 13.2 Å². The third-order valence-electron chi connectivity index (χ3n) is 4.31. The van der Waals surface area contributed by atoms with E-state index in [-0.39, 0.29) is 18.0 Å². The van der Waals surface area contributed by atoms with Crippen LogP contribution < -0.4 is 19.5 Å². The number of likely N-dealkylation sites (N-methyl/N-ethyl adjacent to an activating group) is 1. The first-order valence-corrected chi connectivity index (χ1v) is 10.3. The van der Waals surface area contributed by atoms with E-state index in [1.807, 2.05) is 6.92 Å². The molecule has 0 aliphatic heterocycles. The van der Waals surface area contributed by atoms with Gasteiger partial charge in [0.1, 0.15) is 0 Å². The molecule has 2 aromatic carbocycles. The van der Waals surface area contributed by atoms with E-state index in [0.29, 0.717) is 17.2 Å². The zero-order valence-corrected chi connectivity index (χ0v) is 18.0. The van der Waals surface area contributed by atoms with E-state index in [0.717, 1.165) is 15.4 Å². The number of ether oxygens (including phenoxy) is 3. The van der Waals surface area contributed by atoms with Crippen LogP contribution in [0.4, 0.5) is 0 Å². The van der Waals surface area contributed by atoms with Gasteiger partial charge in [-0.15, -0.1) is 0 Å². The lowest BCUT2D eigenvalue weighted by Gasteiger charge is -2.18. The first-order chi connectivity index (χ1) is 13.7. The van der Waals surface area contributed by atoms with Crippen molar-refractivity contribution in [3.8, 4) is 17.2 Å². The Balaban J connectivity index is 2.05. The van der Waals surface area contributed by atoms with Crippen LogP contribution in [-0.4, -0.2) is 53.6 Å². The molecule has 8 nitrogen and oxygen atoms in total. The lowest BCUT2D eigenvalue weighted by atomic mass is 10.1. The number of nitrogens with zero attached hydrogens (tertiary/aromatic N) is 1. The van der Waals surface area contributed by atoms with Crippen LogP contribution in [0, 0.1) is 6.92 Å². The summed E-state index contributed by atoms with van der Waals surface area (Å²) in [6.07, 6.45) is 0. The first-order valence-electron chi connectivity index (χ1n) is 8.81. The number of benzene rings is 2. The van der Waals surface area contributed by atoms with Gasteiger partial charge in [0.2, 0.25) is 21.7 Å². The molecule has 158 valence electrons. The molecular weight excluding hydrogens is 396 g/mol. The Morgan fingerprint density at radius 2 is 1.55 bits per heavy atom. The summed E-state index contributed by atoms with van der Waals surface area (Å²) >= 11 is 0. The van der Waals surface area contributed by atoms with Gasteiger partial charge in [0.05, 0.1) is 32.8 Å². The van der Waals surface area contributed by atoms with Crippen LogP contribution in [0.15, 0.2) is 41.3 Å². The molecule has 9 heteroatoms. The molecule has 2 aromatic rings. The van der Waals surface area contributed by atoms with Crippen LogP contribution in [0.25, 0.3) is 0 Å². The third kappa shape index (κ3) is 5.39. The Kier molecular flexibility index (Phi) is 7.46. The zero-order valence-electron chi connectivity index (χ0n) is 17.2. The number of hydrogen-bond donors (Lipinski definition) is 1. The molecule has 2 rings (SSSR count). The number of nitrogens with one attached hydrogen (secondary N) is 1. The second-order valence-corrected chi connectivity index (χ2v) is 8.43. The minimum Gasteiger partial charge on any atom is -0.493 e. The molecule has 1 N–H and O–H groups in total. The summed E-state index contributed by atoms with van der Waals surface area (Å²) in [7, 11) is 2.14. The topological polar surface area (TPSA) is 94.2 Å². The Hall–Kier alpha value is -2.78. The van der Waals surface area contributed by atoms with Gasteiger partial charge in [0, 0.05) is 13.6 Å². The van der Waals surface area contributed by atoms with Crippen molar-refractivity contribution >= 4 is 15.9 Å². The SMILES string of the molecule is COc1cc(CNC(=O)CN(C)S(=O)(=O)c2ccc(C)cc2)cc(OC)c1OC. The quantitative estimate of drug-likeness (QED) is 0.664. The van der Waals surface area contributed by atoms with E-state index < -0.39 is 15.9 Å². The molecule has 0 aliphatic carbocycles. The average molecular weight is 423 g/mol. The smallest absolute Gasteiger partial charge is 0.243 e. The van der Waals surface area contributed by atoms with Crippen molar-refractivity contribution in [1.82, 2.24) is 9.62 Å². The summed E-state index contributed by atoms with van der Waals surface area (Å²) in [5.41, 5.74) is 1.67. The average Bonchev–Trinajstić information content (AvgIpc) is 2.71. The number of methoxy groups -OCH3 is 3. The highest BCUT2D eigenvalue weighted by Gasteiger charge is 2.23. The summed E-state index contributed by atoms with van der Waals surface area (Å²) in [6.45, 7) is 1.74. The molecule has 0 fully saturated rings. The lowest BCUT2D eigenvalue weighted by molar-refractivity contribution is -0.121. The number of carbonyl (C=O) groups excluding carboxylic acids is 1. The molecule has 29 heavy (non-hydrogen) atoms. The van der Waals surface area contributed by atoms with Crippen LogP contribution >= 0.6 is 0 Å². The van der Waals surface area contributed by atoms with Gasteiger partial charge in [0.15, 0.2) is 11.5 Å². The molecule has 0 spiro atoms. The summed E-state index contributed by atoms with van der Waals surface area (Å²) in [5, 5.41) is 2.71. The summed E-state index contributed by atoms with van der Waals surface area (Å²) in [6, 6.07) is 9.91. The summed E-state index contributed by atoms with van der Waals surface area (Å²) in [4.78, 5) is 12.4. The van der Waals surface area contributed by atoms with Gasteiger partial charge in [-0.1, -0.05) is 17.7 Å². The molecule has 0 saturated heterocycles. The van der Waals surface area contributed by atoms with Crippen LogP contribution in [0.3, 0.4) is 0 Å². The first kappa shape index (κ1) is 22.5. The summed E-state index contributed by atoms with van der Waals surface area (Å²) in [5.74, 6) is 0.955. The van der Waals surface area contributed by atoms with Gasteiger partial charge in [-0.25, -0.2) is 8.42 Å². The fourth-order valence-electron chi connectivity index (χ4n) is 2.67. The van der Waals surface area contributed by atoms with Crippen molar-refractivity contribution in [2.75, 3.05) is 34.9 Å². The molecule has 0 bridgehead atoms. The predicted molar refractivity (Wildman–Crippen MR) is 109 cm³/mol. The highest BCUT2D eigenvalue weighted by Crippen LogP contribution is 2.38. The van der Waals surface area contributed by atoms with Crippen LogP contribution in [0.5, 0.6) is 17.2 Å². The van der Waals surface area contributed by atoms with Gasteiger partial charge in [-0.05, 0) is 36.8 Å². The largest absolute Gasteiger partial charge is 0.493 e. The van der Waals surface area contributed by atoms with Crippen molar-refractivity contribution in [1.29, 1.82) is 0 Å². The molecule has 0 radical (unpaired) electrons. The van der Waals surface area contributed by atoms with E-state index in [4.69, 9.17) is 14.2 Å². The number of sulfonamides is 1. The minimum atomic E-state index is -3.75.